The summed E-state index contributed by atoms with van der Waals surface area (Å²) in [6.45, 7) is 15.5. The summed E-state index contributed by atoms with van der Waals surface area (Å²) >= 11 is 0. The number of guanidine groups is 1. The summed E-state index contributed by atoms with van der Waals surface area (Å²) in [5.41, 5.74) is 0. The Labute approximate surface area is 136 Å². The molecule has 0 bridgehead atoms. The molecule has 1 fully saturated rings. The van der Waals surface area contributed by atoms with Crippen LogP contribution >= 0.6 is 0 Å². The molecule has 5 nitrogen and oxygen atoms in total. The van der Waals surface area contributed by atoms with E-state index >= 15 is 0 Å². The number of aliphatic imine (C=N–C) groups is 1. The van der Waals surface area contributed by atoms with Gasteiger partial charge in [-0.1, -0.05) is 26.7 Å². The Kier molecular flexibility index (Phi) is 10.2. The second kappa shape index (κ2) is 11.7. The van der Waals surface area contributed by atoms with Crippen molar-refractivity contribution in [3.63, 3.8) is 0 Å². The topological polar surface area (TPSA) is 48.9 Å². The van der Waals surface area contributed by atoms with E-state index in [9.17, 15) is 0 Å². The Morgan fingerprint density at radius 3 is 2.55 bits per heavy atom. The van der Waals surface area contributed by atoms with Crippen LogP contribution in [0.5, 0.6) is 0 Å². The second-order valence-corrected chi connectivity index (χ2v) is 6.58. The lowest BCUT2D eigenvalue weighted by atomic mass is 10.0. The smallest absolute Gasteiger partial charge is 0.191 e. The SMILES string of the molecule is CCNC(=NCCN1CCOCC1)NC(C)CCCC(C)C. The highest BCUT2D eigenvalue weighted by atomic mass is 16.5. The van der Waals surface area contributed by atoms with Crippen molar-refractivity contribution in [1.29, 1.82) is 0 Å². The summed E-state index contributed by atoms with van der Waals surface area (Å²) in [6.07, 6.45) is 3.78. The van der Waals surface area contributed by atoms with Gasteiger partial charge in [-0.15, -0.1) is 0 Å². The Morgan fingerprint density at radius 2 is 1.91 bits per heavy atom. The number of hydrogen-bond acceptors (Lipinski definition) is 3. The average Bonchev–Trinajstić information content (AvgIpc) is 2.48. The first kappa shape index (κ1) is 19.2. The fourth-order valence-electron chi connectivity index (χ4n) is 2.59. The van der Waals surface area contributed by atoms with Gasteiger partial charge in [0, 0.05) is 32.2 Å². The number of hydrogen-bond donors (Lipinski definition) is 2. The molecule has 0 spiro atoms. The van der Waals surface area contributed by atoms with Crippen LogP contribution in [0, 0.1) is 5.92 Å². The van der Waals surface area contributed by atoms with E-state index in [0.29, 0.717) is 6.04 Å². The van der Waals surface area contributed by atoms with Gasteiger partial charge in [-0.2, -0.15) is 0 Å². The van der Waals surface area contributed by atoms with E-state index in [-0.39, 0.29) is 0 Å². The molecular formula is C17H36N4O. The molecule has 22 heavy (non-hydrogen) atoms. The zero-order chi connectivity index (χ0) is 16.2. The van der Waals surface area contributed by atoms with Gasteiger partial charge in [0.15, 0.2) is 5.96 Å². The largest absolute Gasteiger partial charge is 0.379 e. The van der Waals surface area contributed by atoms with Gasteiger partial charge in [-0.25, -0.2) is 0 Å². The van der Waals surface area contributed by atoms with Gasteiger partial charge in [0.25, 0.3) is 0 Å². The molecule has 0 aromatic rings. The lowest BCUT2D eigenvalue weighted by Crippen LogP contribution is -2.43. The third kappa shape index (κ3) is 9.26. The van der Waals surface area contributed by atoms with Crippen molar-refractivity contribution in [2.24, 2.45) is 10.9 Å². The van der Waals surface area contributed by atoms with Gasteiger partial charge in [0.05, 0.1) is 19.8 Å². The molecule has 1 atom stereocenters. The molecule has 1 aliphatic heterocycles. The number of morpholine rings is 1. The van der Waals surface area contributed by atoms with Crippen molar-refractivity contribution in [2.45, 2.75) is 53.0 Å². The first-order chi connectivity index (χ1) is 10.6. The van der Waals surface area contributed by atoms with Gasteiger partial charge >= 0.3 is 0 Å². The molecule has 1 unspecified atom stereocenters. The van der Waals surface area contributed by atoms with Crippen LogP contribution in [0.4, 0.5) is 0 Å². The normalized spacial score (nSPS) is 18.5. The Bertz CT molecular complexity index is 301. The molecule has 5 heteroatoms. The van der Waals surface area contributed by atoms with Gasteiger partial charge in [0.1, 0.15) is 0 Å². The summed E-state index contributed by atoms with van der Waals surface area (Å²) in [4.78, 5) is 7.12. The molecule has 2 N–H and O–H groups in total. The van der Waals surface area contributed by atoms with E-state index < -0.39 is 0 Å². The zero-order valence-corrected chi connectivity index (χ0v) is 15.0. The first-order valence-electron chi connectivity index (χ1n) is 8.96. The van der Waals surface area contributed by atoms with E-state index in [1.807, 2.05) is 0 Å². The molecule has 0 amide bonds. The number of ether oxygens (including phenoxy) is 1. The maximum absolute atomic E-state index is 5.37. The molecule has 130 valence electrons. The van der Waals surface area contributed by atoms with Gasteiger partial charge in [-0.05, 0) is 26.2 Å². The van der Waals surface area contributed by atoms with Crippen molar-refractivity contribution >= 4 is 5.96 Å². The summed E-state index contributed by atoms with van der Waals surface area (Å²) in [5.74, 6) is 1.75. The monoisotopic (exact) mass is 312 g/mol. The van der Waals surface area contributed by atoms with E-state index in [1.54, 1.807) is 0 Å². The van der Waals surface area contributed by atoms with E-state index in [2.05, 4.69) is 43.2 Å². The maximum Gasteiger partial charge on any atom is 0.191 e. The molecule has 1 rings (SSSR count). The predicted octanol–water partition coefficient (Wildman–Crippen LogP) is 2.09. The van der Waals surface area contributed by atoms with Crippen LogP contribution in [-0.2, 0) is 4.74 Å². The number of nitrogens with zero attached hydrogens (tertiary/aromatic N) is 2. The Hall–Kier alpha value is -0.810. The van der Waals surface area contributed by atoms with E-state index in [4.69, 9.17) is 9.73 Å². The van der Waals surface area contributed by atoms with Crippen molar-refractivity contribution in [2.75, 3.05) is 45.9 Å². The third-order valence-corrected chi connectivity index (χ3v) is 3.94. The highest BCUT2D eigenvalue weighted by Gasteiger charge is 2.10. The van der Waals surface area contributed by atoms with Crippen molar-refractivity contribution < 1.29 is 4.74 Å². The minimum absolute atomic E-state index is 0.472. The van der Waals surface area contributed by atoms with Gasteiger partial charge < -0.3 is 15.4 Å². The summed E-state index contributed by atoms with van der Waals surface area (Å²) in [7, 11) is 0. The van der Waals surface area contributed by atoms with Crippen LogP contribution in [0.15, 0.2) is 4.99 Å². The van der Waals surface area contributed by atoms with Crippen LogP contribution in [0.1, 0.15) is 47.0 Å². The van der Waals surface area contributed by atoms with E-state index in [1.165, 1.54) is 19.3 Å². The van der Waals surface area contributed by atoms with Gasteiger partial charge in [-0.3, -0.25) is 9.89 Å². The van der Waals surface area contributed by atoms with E-state index in [0.717, 1.165) is 57.8 Å². The first-order valence-corrected chi connectivity index (χ1v) is 8.96. The standard InChI is InChI=1S/C17H36N4O/c1-5-18-17(20-16(4)8-6-7-15(2)3)19-9-10-21-11-13-22-14-12-21/h15-16H,5-14H2,1-4H3,(H2,18,19,20). The van der Waals surface area contributed by atoms with Crippen molar-refractivity contribution in [1.82, 2.24) is 15.5 Å². The Balaban J connectivity index is 2.27. The summed E-state index contributed by atoms with van der Waals surface area (Å²) in [5, 5.41) is 6.87. The fraction of sp³-hybridized carbons (Fsp3) is 0.941. The quantitative estimate of drug-likeness (QED) is 0.505. The molecule has 1 heterocycles. The third-order valence-electron chi connectivity index (χ3n) is 3.94. The highest BCUT2D eigenvalue weighted by molar-refractivity contribution is 5.80. The van der Waals surface area contributed by atoms with Gasteiger partial charge in [0.2, 0.25) is 0 Å². The molecule has 0 aromatic heterocycles. The van der Waals surface area contributed by atoms with Crippen LogP contribution < -0.4 is 10.6 Å². The molecular weight excluding hydrogens is 276 g/mol. The minimum Gasteiger partial charge on any atom is -0.379 e. The Morgan fingerprint density at radius 1 is 1.18 bits per heavy atom. The highest BCUT2D eigenvalue weighted by Crippen LogP contribution is 2.08. The maximum atomic E-state index is 5.37. The molecule has 0 saturated carbocycles. The summed E-state index contributed by atoms with van der Waals surface area (Å²) < 4.78 is 5.37. The van der Waals surface area contributed by atoms with Crippen molar-refractivity contribution in [3.8, 4) is 0 Å². The molecule has 1 saturated heterocycles. The van der Waals surface area contributed by atoms with Crippen LogP contribution in [0.3, 0.4) is 0 Å². The lowest BCUT2D eigenvalue weighted by Gasteiger charge is -2.26. The average molecular weight is 313 g/mol. The van der Waals surface area contributed by atoms with Crippen molar-refractivity contribution in [3.05, 3.63) is 0 Å². The number of nitrogens with one attached hydrogen (secondary N) is 2. The predicted molar refractivity (Wildman–Crippen MR) is 94.5 cm³/mol. The zero-order valence-electron chi connectivity index (χ0n) is 15.0. The number of rotatable bonds is 9. The van der Waals surface area contributed by atoms with Crippen LogP contribution in [0.2, 0.25) is 0 Å². The second-order valence-electron chi connectivity index (χ2n) is 6.58. The van der Waals surface area contributed by atoms with Crippen LogP contribution in [0.25, 0.3) is 0 Å². The van der Waals surface area contributed by atoms with Crippen LogP contribution in [-0.4, -0.2) is 62.8 Å². The molecule has 0 aliphatic carbocycles. The minimum atomic E-state index is 0.472. The molecule has 0 radical (unpaired) electrons. The summed E-state index contributed by atoms with van der Waals surface area (Å²) in [6, 6.07) is 0.472. The molecule has 1 aliphatic rings. The lowest BCUT2D eigenvalue weighted by molar-refractivity contribution is 0.0394. The molecule has 0 aromatic carbocycles. The fourth-order valence-corrected chi connectivity index (χ4v) is 2.59.